The van der Waals surface area contributed by atoms with E-state index in [1.54, 1.807) is 11.4 Å². The van der Waals surface area contributed by atoms with Crippen molar-refractivity contribution < 1.29 is 0 Å². The molecular formula is C3H7Cl2PS. The highest BCUT2D eigenvalue weighted by Gasteiger charge is 1.94. The Bertz CT molecular complexity index is 41.9. The van der Waals surface area contributed by atoms with Gasteiger partial charge in [0.1, 0.15) is 5.83 Å². The molecule has 0 spiro atoms. The Kier molecular flexibility index (Phi) is 6.56. The molecule has 0 rings (SSSR count). The summed E-state index contributed by atoms with van der Waals surface area (Å²) in [5.74, 6) is 0.337. The van der Waals surface area contributed by atoms with Crippen LogP contribution in [0.1, 0.15) is 13.3 Å². The van der Waals surface area contributed by atoms with Crippen molar-refractivity contribution in [1.82, 2.24) is 0 Å². The summed E-state index contributed by atoms with van der Waals surface area (Å²) in [6.07, 6.45) is 1.16. The quantitative estimate of drug-likeness (QED) is 0.590. The Morgan fingerprint density at radius 2 is 2.14 bits per heavy atom. The van der Waals surface area contributed by atoms with Gasteiger partial charge >= 0.3 is 0 Å². The van der Waals surface area contributed by atoms with E-state index in [2.05, 4.69) is 6.92 Å². The number of rotatable bonds is 3. The lowest BCUT2D eigenvalue weighted by Crippen LogP contribution is -1.63. The fourth-order valence-electron chi connectivity index (χ4n) is 0.160. The SMILES string of the molecule is CCCSP(Cl)Cl. The van der Waals surface area contributed by atoms with E-state index in [-0.39, 0.29) is 0 Å². The zero-order valence-electron chi connectivity index (χ0n) is 4.03. The molecule has 7 heavy (non-hydrogen) atoms. The maximum atomic E-state index is 5.45. The highest BCUT2D eigenvalue weighted by atomic mass is 35.9. The van der Waals surface area contributed by atoms with E-state index >= 15 is 0 Å². The van der Waals surface area contributed by atoms with Gasteiger partial charge in [0.15, 0.2) is 0 Å². The zero-order valence-corrected chi connectivity index (χ0v) is 7.25. The Balaban J connectivity index is 2.68. The van der Waals surface area contributed by atoms with Crippen LogP contribution in [0.5, 0.6) is 0 Å². The van der Waals surface area contributed by atoms with Crippen molar-refractivity contribution in [1.29, 1.82) is 0 Å². The summed E-state index contributed by atoms with van der Waals surface area (Å²) in [6, 6.07) is 0. The first-order valence-electron chi connectivity index (χ1n) is 2.02. The van der Waals surface area contributed by atoms with Crippen molar-refractivity contribution in [3.8, 4) is 0 Å². The van der Waals surface area contributed by atoms with Crippen LogP contribution in [0, 0.1) is 0 Å². The van der Waals surface area contributed by atoms with Crippen LogP contribution in [-0.2, 0) is 0 Å². The first-order chi connectivity index (χ1) is 3.27. The highest BCUT2D eigenvalue weighted by molar-refractivity contribution is 8.70. The van der Waals surface area contributed by atoms with Crippen LogP contribution < -0.4 is 0 Å². The van der Waals surface area contributed by atoms with Crippen molar-refractivity contribution in [2.45, 2.75) is 13.3 Å². The van der Waals surface area contributed by atoms with Gasteiger partial charge in [-0.15, -0.1) is 11.4 Å². The fourth-order valence-corrected chi connectivity index (χ4v) is 2.68. The van der Waals surface area contributed by atoms with Crippen LogP contribution in [0.15, 0.2) is 0 Å². The van der Waals surface area contributed by atoms with Crippen molar-refractivity contribution in [2.75, 3.05) is 5.75 Å². The molecule has 0 heterocycles. The molecule has 0 saturated heterocycles. The molecule has 0 aromatic heterocycles. The topological polar surface area (TPSA) is 0 Å². The summed E-state index contributed by atoms with van der Waals surface area (Å²) in [4.78, 5) is 0. The second-order valence-corrected chi connectivity index (χ2v) is 7.73. The van der Waals surface area contributed by atoms with Crippen molar-refractivity contribution in [3.05, 3.63) is 0 Å². The van der Waals surface area contributed by atoms with Crippen molar-refractivity contribution in [2.24, 2.45) is 0 Å². The van der Waals surface area contributed by atoms with Crippen LogP contribution >= 0.6 is 39.7 Å². The summed E-state index contributed by atoms with van der Waals surface area (Å²) in [7, 11) is 0. The predicted octanol–water partition coefficient (Wildman–Crippen LogP) is 3.83. The van der Waals surface area contributed by atoms with E-state index in [4.69, 9.17) is 22.5 Å². The summed E-state index contributed by atoms with van der Waals surface area (Å²) in [5, 5.41) is 0. The minimum Gasteiger partial charge on any atom is -0.102 e. The van der Waals surface area contributed by atoms with Crippen LogP contribution in [-0.4, -0.2) is 5.75 Å². The number of halogens is 2. The molecule has 0 nitrogen and oxygen atoms in total. The molecule has 0 aliphatic rings. The Hall–Kier alpha value is 1.36. The summed E-state index contributed by atoms with van der Waals surface area (Å²) < 4.78 is 0. The summed E-state index contributed by atoms with van der Waals surface area (Å²) in [6.45, 7) is 2.11. The molecule has 0 amide bonds. The van der Waals surface area contributed by atoms with Gasteiger partial charge in [-0.1, -0.05) is 29.4 Å². The van der Waals surface area contributed by atoms with E-state index in [1.807, 2.05) is 0 Å². The molecule has 0 N–H and O–H groups in total. The average molecular weight is 177 g/mol. The smallest absolute Gasteiger partial charge is 0.102 e. The van der Waals surface area contributed by atoms with E-state index in [1.165, 1.54) is 0 Å². The van der Waals surface area contributed by atoms with E-state index in [0.717, 1.165) is 12.2 Å². The molecule has 0 saturated carbocycles. The Morgan fingerprint density at radius 1 is 1.57 bits per heavy atom. The summed E-state index contributed by atoms with van der Waals surface area (Å²) >= 11 is 12.5. The predicted molar refractivity (Wildman–Crippen MR) is 41.4 cm³/mol. The normalized spacial score (nSPS) is 10.3. The molecule has 0 atom stereocenters. The van der Waals surface area contributed by atoms with Gasteiger partial charge in [-0.2, -0.15) is 0 Å². The molecule has 0 radical (unpaired) electrons. The molecule has 0 fully saturated rings. The second kappa shape index (κ2) is 5.50. The van der Waals surface area contributed by atoms with E-state index in [0.29, 0.717) is 0 Å². The molecule has 0 aliphatic heterocycles. The molecular weight excluding hydrogens is 170 g/mol. The van der Waals surface area contributed by atoms with Gasteiger partial charge in [-0.05, 0) is 12.2 Å². The fraction of sp³-hybridized carbons (Fsp3) is 1.00. The van der Waals surface area contributed by atoms with Gasteiger partial charge in [-0.3, -0.25) is 0 Å². The first kappa shape index (κ1) is 8.36. The van der Waals surface area contributed by atoms with Crippen molar-refractivity contribution >= 4 is 39.7 Å². The first-order valence-corrected chi connectivity index (χ1v) is 6.76. The third-order valence-electron chi connectivity index (χ3n) is 0.393. The maximum absolute atomic E-state index is 5.45. The maximum Gasteiger partial charge on any atom is 0.145 e. The molecule has 0 aromatic rings. The third kappa shape index (κ3) is 7.36. The second-order valence-electron chi connectivity index (χ2n) is 1.04. The standard InChI is InChI=1S/C3H7Cl2PS/c1-2-3-7-6(4)5/h2-3H2,1H3. The van der Waals surface area contributed by atoms with E-state index < -0.39 is 5.83 Å². The van der Waals surface area contributed by atoms with Gasteiger partial charge in [0.25, 0.3) is 0 Å². The molecule has 0 unspecified atom stereocenters. The Morgan fingerprint density at radius 3 is 2.29 bits per heavy atom. The largest absolute Gasteiger partial charge is 0.145 e. The van der Waals surface area contributed by atoms with Crippen LogP contribution in [0.4, 0.5) is 0 Å². The lowest BCUT2D eigenvalue weighted by molar-refractivity contribution is 1.11. The van der Waals surface area contributed by atoms with Gasteiger partial charge in [0, 0.05) is 0 Å². The molecule has 44 valence electrons. The lowest BCUT2D eigenvalue weighted by Gasteiger charge is -1.93. The minimum atomic E-state index is -0.745. The molecule has 0 aliphatic carbocycles. The monoisotopic (exact) mass is 176 g/mol. The average Bonchev–Trinajstić information content (AvgIpc) is 1.61. The van der Waals surface area contributed by atoms with Crippen LogP contribution in [0.3, 0.4) is 0 Å². The van der Waals surface area contributed by atoms with E-state index in [9.17, 15) is 0 Å². The van der Waals surface area contributed by atoms with Crippen LogP contribution in [0.2, 0.25) is 0 Å². The van der Waals surface area contributed by atoms with Gasteiger partial charge in [0.2, 0.25) is 0 Å². The summed E-state index contributed by atoms with van der Waals surface area (Å²) in [5.41, 5.74) is 0. The van der Waals surface area contributed by atoms with Gasteiger partial charge < -0.3 is 0 Å². The van der Waals surface area contributed by atoms with Crippen LogP contribution in [0.25, 0.3) is 0 Å². The highest BCUT2D eigenvalue weighted by Crippen LogP contribution is 2.59. The number of hydrogen-bond donors (Lipinski definition) is 0. The third-order valence-corrected chi connectivity index (χ3v) is 4.07. The number of hydrogen-bond acceptors (Lipinski definition) is 1. The van der Waals surface area contributed by atoms with Gasteiger partial charge in [-0.25, -0.2) is 0 Å². The zero-order chi connectivity index (χ0) is 5.70. The molecule has 4 heteroatoms. The Labute approximate surface area is 59.0 Å². The van der Waals surface area contributed by atoms with Crippen molar-refractivity contribution in [3.63, 3.8) is 0 Å². The minimum absolute atomic E-state index is 0.745. The lowest BCUT2D eigenvalue weighted by atomic mass is 10.6. The molecule has 0 bridgehead atoms. The molecule has 0 aromatic carbocycles. The van der Waals surface area contributed by atoms with Gasteiger partial charge in [0.05, 0.1) is 0 Å².